The summed E-state index contributed by atoms with van der Waals surface area (Å²) in [5.74, 6) is 0. The van der Waals surface area contributed by atoms with Gasteiger partial charge in [0, 0.05) is 0 Å². The Morgan fingerprint density at radius 2 is 2.36 bits per heavy atom. The molecule has 0 atom stereocenters. The molecule has 0 bridgehead atoms. The van der Waals surface area contributed by atoms with Crippen LogP contribution in [0.5, 0.6) is 0 Å². The van der Waals surface area contributed by atoms with Gasteiger partial charge in [-0.3, -0.25) is 0 Å². The number of hydrogen-bond donors (Lipinski definition) is 1. The molecule has 1 heterocycles. The number of rotatable bonds is 4. The molecule has 11 heavy (non-hydrogen) atoms. The van der Waals surface area contributed by atoms with Crippen molar-refractivity contribution in [2.45, 2.75) is 12.8 Å². The van der Waals surface area contributed by atoms with Gasteiger partial charge in [0.05, 0.1) is 6.61 Å². The summed E-state index contributed by atoms with van der Waals surface area (Å²) in [4.78, 5) is 0. The van der Waals surface area contributed by atoms with Crippen LogP contribution in [0.2, 0.25) is 0 Å². The van der Waals surface area contributed by atoms with Crippen LogP contribution in [0, 0.1) is 0 Å². The van der Waals surface area contributed by atoms with E-state index in [0.29, 0.717) is 0 Å². The second-order valence-corrected chi connectivity index (χ2v) is 3.10. The molecule has 0 radical (unpaired) electrons. The van der Waals surface area contributed by atoms with Gasteiger partial charge in [-0.1, -0.05) is 12.2 Å². The van der Waals surface area contributed by atoms with Gasteiger partial charge in [-0.2, -0.15) is 11.3 Å². The van der Waals surface area contributed by atoms with Crippen LogP contribution in [0.15, 0.2) is 29.0 Å². The molecule has 0 aliphatic heterocycles. The molecule has 0 fully saturated rings. The zero-order chi connectivity index (χ0) is 7.94. The lowest BCUT2D eigenvalue weighted by atomic mass is 10.2. The van der Waals surface area contributed by atoms with E-state index in [4.69, 9.17) is 5.11 Å². The highest BCUT2D eigenvalue weighted by Gasteiger charge is 1.88. The van der Waals surface area contributed by atoms with Gasteiger partial charge in [0.1, 0.15) is 0 Å². The minimum Gasteiger partial charge on any atom is -0.392 e. The zero-order valence-electron chi connectivity index (χ0n) is 6.36. The fourth-order valence-electron chi connectivity index (χ4n) is 0.877. The monoisotopic (exact) mass is 168 g/mol. The third-order valence-corrected chi connectivity index (χ3v) is 2.18. The fourth-order valence-corrected chi connectivity index (χ4v) is 1.58. The Kier molecular flexibility index (Phi) is 3.94. The van der Waals surface area contributed by atoms with E-state index in [1.54, 1.807) is 17.4 Å². The first-order chi connectivity index (χ1) is 5.43. The molecule has 1 nitrogen and oxygen atoms in total. The summed E-state index contributed by atoms with van der Waals surface area (Å²) >= 11 is 1.73. The number of aliphatic hydroxyl groups is 1. The molecule has 0 aliphatic rings. The molecular formula is C9H12OS. The van der Waals surface area contributed by atoms with Crippen LogP contribution in [-0.4, -0.2) is 11.7 Å². The summed E-state index contributed by atoms with van der Waals surface area (Å²) in [5, 5.41) is 12.7. The standard InChI is InChI=1S/C9H12OS/c10-6-3-1-2-4-9-5-7-11-8-9/h1,3,5,7-8,10H,2,4,6H2. The summed E-state index contributed by atoms with van der Waals surface area (Å²) in [6, 6.07) is 2.14. The van der Waals surface area contributed by atoms with Crippen molar-refractivity contribution in [1.29, 1.82) is 0 Å². The lowest BCUT2D eigenvalue weighted by molar-refractivity contribution is 0.342. The summed E-state index contributed by atoms with van der Waals surface area (Å²) < 4.78 is 0. The smallest absolute Gasteiger partial charge is 0.0612 e. The molecule has 0 aliphatic carbocycles. The summed E-state index contributed by atoms with van der Waals surface area (Å²) in [7, 11) is 0. The lowest BCUT2D eigenvalue weighted by Crippen LogP contribution is -1.78. The Morgan fingerprint density at radius 1 is 1.45 bits per heavy atom. The summed E-state index contributed by atoms with van der Waals surface area (Å²) in [6.07, 6.45) is 5.90. The maximum Gasteiger partial charge on any atom is 0.0612 e. The molecule has 2 heteroatoms. The van der Waals surface area contributed by atoms with E-state index in [1.165, 1.54) is 5.56 Å². The van der Waals surface area contributed by atoms with Crippen molar-refractivity contribution in [3.8, 4) is 0 Å². The zero-order valence-corrected chi connectivity index (χ0v) is 7.18. The maximum absolute atomic E-state index is 8.44. The largest absolute Gasteiger partial charge is 0.392 e. The molecular weight excluding hydrogens is 156 g/mol. The van der Waals surface area contributed by atoms with Crippen molar-refractivity contribution in [1.82, 2.24) is 0 Å². The minimum absolute atomic E-state index is 0.156. The Hall–Kier alpha value is -0.600. The van der Waals surface area contributed by atoms with Crippen molar-refractivity contribution in [3.63, 3.8) is 0 Å². The molecule has 60 valence electrons. The molecule has 1 rings (SSSR count). The second-order valence-electron chi connectivity index (χ2n) is 2.32. The second kappa shape index (κ2) is 5.10. The van der Waals surface area contributed by atoms with Gasteiger partial charge in [-0.05, 0) is 35.2 Å². The van der Waals surface area contributed by atoms with Gasteiger partial charge >= 0.3 is 0 Å². The van der Waals surface area contributed by atoms with Crippen LogP contribution in [0.3, 0.4) is 0 Å². The van der Waals surface area contributed by atoms with Gasteiger partial charge in [-0.15, -0.1) is 0 Å². The van der Waals surface area contributed by atoms with Crippen molar-refractivity contribution in [3.05, 3.63) is 34.5 Å². The Labute approximate surface area is 71.0 Å². The highest BCUT2D eigenvalue weighted by molar-refractivity contribution is 7.07. The molecule has 1 aromatic heterocycles. The Bertz CT molecular complexity index is 201. The predicted molar refractivity (Wildman–Crippen MR) is 48.9 cm³/mol. The number of allylic oxidation sites excluding steroid dienone is 1. The minimum atomic E-state index is 0.156. The summed E-state index contributed by atoms with van der Waals surface area (Å²) in [6.45, 7) is 0.156. The first-order valence-electron chi connectivity index (χ1n) is 3.70. The first-order valence-corrected chi connectivity index (χ1v) is 4.64. The average Bonchev–Trinajstić information content (AvgIpc) is 2.50. The predicted octanol–water partition coefficient (Wildman–Crippen LogP) is 2.23. The van der Waals surface area contributed by atoms with E-state index < -0.39 is 0 Å². The van der Waals surface area contributed by atoms with Crippen LogP contribution >= 0.6 is 11.3 Å². The maximum atomic E-state index is 8.44. The van der Waals surface area contributed by atoms with Crippen LogP contribution in [0.25, 0.3) is 0 Å². The van der Waals surface area contributed by atoms with Crippen molar-refractivity contribution in [2.75, 3.05) is 6.61 Å². The molecule has 0 amide bonds. The lowest BCUT2D eigenvalue weighted by Gasteiger charge is -1.89. The van der Waals surface area contributed by atoms with E-state index in [9.17, 15) is 0 Å². The van der Waals surface area contributed by atoms with Crippen molar-refractivity contribution in [2.24, 2.45) is 0 Å². The van der Waals surface area contributed by atoms with Gasteiger partial charge in [0.25, 0.3) is 0 Å². The highest BCUT2D eigenvalue weighted by atomic mass is 32.1. The number of aliphatic hydroxyl groups excluding tert-OH is 1. The fraction of sp³-hybridized carbons (Fsp3) is 0.333. The number of thiophene rings is 1. The third-order valence-electron chi connectivity index (χ3n) is 1.45. The van der Waals surface area contributed by atoms with E-state index >= 15 is 0 Å². The highest BCUT2D eigenvalue weighted by Crippen LogP contribution is 2.08. The number of aryl methyl sites for hydroxylation is 1. The van der Waals surface area contributed by atoms with E-state index in [-0.39, 0.29) is 6.61 Å². The molecule has 0 unspecified atom stereocenters. The Balaban J connectivity index is 2.19. The van der Waals surface area contributed by atoms with Crippen LogP contribution < -0.4 is 0 Å². The SMILES string of the molecule is OCC=CCCc1ccsc1. The van der Waals surface area contributed by atoms with E-state index in [2.05, 4.69) is 16.8 Å². The average molecular weight is 168 g/mol. The Morgan fingerprint density at radius 3 is 3.00 bits per heavy atom. The van der Waals surface area contributed by atoms with Gasteiger partial charge in [0.15, 0.2) is 0 Å². The normalized spacial score (nSPS) is 11.0. The molecule has 0 saturated carbocycles. The molecule has 0 aromatic carbocycles. The van der Waals surface area contributed by atoms with Crippen LogP contribution in [0.4, 0.5) is 0 Å². The van der Waals surface area contributed by atoms with Crippen LogP contribution in [0.1, 0.15) is 12.0 Å². The quantitative estimate of drug-likeness (QED) is 0.683. The first kappa shape index (κ1) is 8.50. The van der Waals surface area contributed by atoms with E-state index in [0.717, 1.165) is 12.8 Å². The van der Waals surface area contributed by atoms with Gasteiger partial charge in [-0.25, -0.2) is 0 Å². The van der Waals surface area contributed by atoms with Crippen molar-refractivity contribution >= 4 is 11.3 Å². The third kappa shape index (κ3) is 3.35. The number of hydrogen-bond acceptors (Lipinski definition) is 2. The molecule has 1 N–H and O–H groups in total. The van der Waals surface area contributed by atoms with Crippen LogP contribution in [-0.2, 0) is 6.42 Å². The van der Waals surface area contributed by atoms with Crippen molar-refractivity contribution < 1.29 is 5.11 Å². The molecule has 0 spiro atoms. The van der Waals surface area contributed by atoms with Gasteiger partial charge < -0.3 is 5.11 Å². The van der Waals surface area contributed by atoms with E-state index in [1.807, 2.05) is 6.08 Å². The molecule has 1 aromatic rings. The summed E-state index contributed by atoms with van der Waals surface area (Å²) in [5.41, 5.74) is 1.39. The van der Waals surface area contributed by atoms with Gasteiger partial charge in [0.2, 0.25) is 0 Å². The molecule has 0 saturated heterocycles. The topological polar surface area (TPSA) is 20.2 Å².